The molecule has 3 aromatic rings. The summed E-state index contributed by atoms with van der Waals surface area (Å²) < 4.78 is 2.22. The lowest BCUT2D eigenvalue weighted by atomic mass is 10.1. The Hall–Kier alpha value is -2.15. The van der Waals surface area contributed by atoms with Gasteiger partial charge in [0, 0.05) is 17.9 Å². The summed E-state index contributed by atoms with van der Waals surface area (Å²) in [6, 6.07) is 15.4. The van der Waals surface area contributed by atoms with Crippen LogP contribution in [-0.4, -0.2) is 32.6 Å². The predicted octanol–water partition coefficient (Wildman–Crippen LogP) is 6.16. The number of thioether (sulfide) groups is 1. The molecule has 1 aromatic heterocycles. The van der Waals surface area contributed by atoms with Gasteiger partial charge in [-0.1, -0.05) is 73.5 Å². The van der Waals surface area contributed by atoms with E-state index < -0.39 is 6.23 Å². The average Bonchev–Trinajstić information content (AvgIpc) is 3.23. The van der Waals surface area contributed by atoms with E-state index in [0.29, 0.717) is 0 Å². The first kappa shape index (κ1) is 26.5. The molecule has 0 saturated heterocycles. The summed E-state index contributed by atoms with van der Waals surface area (Å²) in [5.41, 5.74) is 6.33. The van der Waals surface area contributed by atoms with Crippen molar-refractivity contribution in [1.29, 1.82) is 0 Å². The molecule has 0 aliphatic rings. The lowest BCUT2D eigenvalue weighted by Crippen LogP contribution is -2.29. The van der Waals surface area contributed by atoms with E-state index in [0.717, 1.165) is 73.9 Å². The van der Waals surface area contributed by atoms with Gasteiger partial charge in [0.15, 0.2) is 5.16 Å². The minimum absolute atomic E-state index is 0.422. The SMILES string of the molecule is CCCCNC(O)CCCCc1nnc(SCc2cc(C)cc(C)c2)n1-c1cccc(CC)c1. The van der Waals surface area contributed by atoms with Crippen molar-refractivity contribution in [3.63, 3.8) is 0 Å². The van der Waals surface area contributed by atoms with Crippen molar-refractivity contribution in [2.75, 3.05) is 6.54 Å². The van der Waals surface area contributed by atoms with E-state index in [1.165, 1.54) is 22.3 Å². The number of aliphatic hydroxyl groups is 1. The normalized spacial score (nSPS) is 12.3. The fourth-order valence-corrected chi connectivity index (χ4v) is 5.10. The van der Waals surface area contributed by atoms with Gasteiger partial charge in [0.25, 0.3) is 0 Å². The summed E-state index contributed by atoms with van der Waals surface area (Å²) in [6.07, 6.45) is 6.34. The highest BCUT2D eigenvalue weighted by Crippen LogP contribution is 2.27. The van der Waals surface area contributed by atoms with Crippen LogP contribution >= 0.6 is 11.8 Å². The van der Waals surface area contributed by atoms with Crippen LogP contribution in [0.2, 0.25) is 0 Å². The summed E-state index contributed by atoms with van der Waals surface area (Å²) in [6.45, 7) is 9.51. The largest absolute Gasteiger partial charge is 0.379 e. The van der Waals surface area contributed by atoms with Crippen molar-refractivity contribution in [3.05, 3.63) is 70.5 Å². The van der Waals surface area contributed by atoms with Crippen LogP contribution in [0, 0.1) is 13.8 Å². The first-order valence-corrected chi connectivity index (χ1v) is 13.6. The number of unbranched alkanes of at least 4 members (excludes halogenated alkanes) is 2. The smallest absolute Gasteiger partial charge is 0.196 e. The maximum atomic E-state index is 10.1. The van der Waals surface area contributed by atoms with Crippen LogP contribution < -0.4 is 5.32 Å². The van der Waals surface area contributed by atoms with Gasteiger partial charge in [-0.3, -0.25) is 9.88 Å². The third kappa shape index (κ3) is 7.97. The zero-order chi connectivity index (χ0) is 24.3. The molecular weight excluding hydrogens is 440 g/mol. The van der Waals surface area contributed by atoms with Gasteiger partial charge in [-0.05, 0) is 75.8 Å². The Kier molecular flexibility index (Phi) is 10.6. The van der Waals surface area contributed by atoms with Gasteiger partial charge in [-0.25, -0.2) is 0 Å². The molecule has 34 heavy (non-hydrogen) atoms. The Morgan fingerprint density at radius 1 is 0.971 bits per heavy atom. The molecule has 0 aliphatic heterocycles. The Labute approximate surface area is 209 Å². The summed E-state index contributed by atoms with van der Waals surface area (Å²) in [5.74, 6) is 1.86. The third-order valence-electron chi connectivity index (χ3n) is 5.97. The minimum atomic E-state index is -0.422. The van der Waals surface area contributed by atoms with Crippen LogP contribution in [0.3, 0.4) is 0 Å². The minimum Gasteiger partial charge on any atom is -0.379 e. The number of hydrogen-bond donors (Lipinski definition) is 2. The van der Waals surface area contributed by atoms with Gasteiger partial charge in [0.2, 0.25) is 0 Å². The second kappa shape index (κ2) is 13.7. The fourth-order valence-electron chi connectivity index (χ4n) is 4.20. The van der Waals surface area contributed by atoms with Crippen LogP contribution in [0.5, 0.6) is 0 Å². The standard InChI is InChI=1S/C28H40N4OS/c1-5-7-15-29-27(33)14-9-8-13-26-30-31-28(32(26)25-12-10-11-23(6-2)19-25)34-20-24-17-21(3)16-22(4)18-24/h10-12,16-19,27,29,33H,5-9,13-15,20H2,1-4H3. The molecule has 0 spiro atoms. The van der Waals surface area contributed by atoms with Crippen molar-refractivity contribution in [3.8, 4) is 5.69 Å². The number of aromatic nitrogens is 3. The van der Waals surface area contributed by atoms with Crippen molar-refractivity contribution in [2.24, 2.45) is 0 Å². The molecule has 5 nitrogen and oxygen atoms in total. The zero-order valence-corrected chi connectivity index (χ0v) is 22.0. The summed E-state index contributed by atoms with van der Waals surface area (Å²) in [4.78, 5) is 0. The first-order chi connectivity index (χ1) is 16.5. The highest BCUT2D eigenvalue weighted by Gasteiger charge is 2.15. The molecule has 0 amide bonds. The van der Waals surface area contributed by atoms with Crippen LogP contribution in [0.1, 0.15) is 74.0 Å². The summed E-state index contributed by atoms with van der Waals surface area (Å²) in [5, 5.41) is 23.4. The van der Waals surface area contributed by atoms with Crippen molar-refractivity contribution < 1.29 is 5.11 Å². The predicted molar refractivity (Wildman–Crippen MR) is 143 cm³/mol. The van der Waals surface area contributed by atoms with Crippen molar-refractivity contribution >= 4 is 11.8 Å². The van der Waals surface area contributed by atoms with E-state index in [1.54, 1.807) is 11.8 Å². The Morgan fingerprint density at radius 2 is 1.76 bits per heavy atom. The maximum absolute atomic E-state index is 10.1. The maximum Gasteiger partial charge on any atom is 0.196 e. The van der Waals surface area contributed by atoms with Crippen LogP contribution in [-0.2, 0) is 18.6 Å². The van der Waals surface area contributed by atoms with E-state index in [9.17, 15) is 5.11 Å². The van der Waals surface area contributed by atoms with Crippen molar-refractivity contribution in [2.45, 2.75) is 89.8 Å². The molecule has 0 bridgehead atoms. The molecule has 0 fully saturated rings. The molecule has 6 heteroatoms. The highest BCUT2D eigenvalue weighted by atomic mass is 32.2. The molecule has 1 atom stereocenters. The highest BCUT2D eigenvalue weighted by molar-refractivity contribution is 7.98. The second-order valence-corrected chi connectivity index (χ2v) is 10.1. The first-order valence-electron chi connectivity index (χ1n) is 12.6. The fraction of sp³-hybridized carbons (Fsp3) is 0.500. The topological polar surface area (TPSA) is 63.0 Å². The molecule has 0 radical (unpaired) electrons. The monoisotopic (exact) mass is 480 g/mol. The van der Waals surface area contributed by atoms with Gasteiger partial charge < -0.3 is 5.11 Å². The van der Waals surface area contributed by atoms with E-state index in [2.05, 4.69) is 90.2 Å². The number of nitrogens with zero attached hydrogens (tertiary/aromatic N) is 3. The molecule has 0 aliphatic carbocycles. The lowest BCUT2D eigenvalue weighted by molar-refractivity contribution is 0.124. The summed E-state index contributed by atoms with van der Waals surface area (Å²) >= 11 is 1.74. The molecule has 0 saturated carbocycles. The van der Waals surface area contributed by atoms with Gasteiger partial charge in [-0.2, -0.15) is 0 Å². The number of aliphatic hydroxyl groups excluding tert-OH is 1. The molecule has 184 valence electrons. The van der Waals surface area contributed by atoms with Gasteiger partial charge in [0.05, 0.1) is 0 Å². The van der Waals surface area contributed by atoms with Gasteiger partial charge in [-0.15, -0.1) is 10.2 Å². The van der Waals surface area contributed by atoms with Gasteiger partial charge in [0.1, 0.15) is 12.1 Å². The average molecular weight is 481 g/mol. The molecular formula is C28H40N4OS. The van der Waals surface area contributed by atoms with Crippen molar-refractivity contribution in [1.82, 2.24) is 20.1 Å². The molecule has 1 unspecified atom stereocenters. The van der Waals surface area contributed by atoms with Gasteiger partial charge >= 0.3 is 0 Å². The number of rotatable bonds is 14. The van der Waals surface area contributed by atoms with Crippen LogP contribution in [0.4, 0.5) is 0 Å². The zero-order valence-electron chi connectivity index (χ0n) is 21.2. The van der Waals surface area contributed by atoms with E-state index in [1.807, 2.05) is 0 Å². The van der Waals surface area contributed by atoms with Crippen LogP contribution in [0.25, 0.3) is 5.69 Å². The molecule has 2 aromatic carbocycles. The number of hydrogen-bond acceptors (Lipinski definition) is 5. The molecule has 2 N–H and O–H groups in total. The second-order valence-electron chi connectivity index (χ2n) is 9.11. The number of nitrogens with one attached hydrogen (secondary N) is 1. The Balaban J connectivity index is 1.71. The van der Waals surface area contributed by atoms with Crippen LogP contribution in [0.15, 0.2) is 47.6 Å². The quantitative estimate of drug-likeness (QED) is 0.164. The lowest BCUT2D eigenvalue weighted by Gasteiger charge is -2.13. The number of aryl methyl sites for hydroxylation is 4. The Morgan fingerprint density at radius 3 is 2.50 bits per heavy atom. The van der Waals surface area contributed by atoms with E-state index in [-0.39, 0.29) is 0 Å². The van der Waals surface area contributed by atoms with E-state index >= 15 is 0 Å². The van der Waals surface area contributed by atoms with E-state index in [4.69, 9.17) is 0 Å². The molecule has 3 rings (SSSR count). The third-order valence-corrected chi connectivity index (χ3v) is 6.97. The summed E-state index contributed by atoms with van der Waals surface area (Å²) in [7, 11) is 0. The molecule has 1 heterocycles. The number of benzene rings is 2. The Bertz CT molecular complexity index is 1010.